The van der Waals surface area contributed by atoms with Gasteiger partial charge in [-0.2, -0.15) is 0 Å². The minimum Gasteiger partial charge on any atom is -0.465 e. The molecule has 1 aromatic carbocycles. The van der Waals surface area contributed by atoms with Crippen molar-refractivity contribution < 1.29 is 14.3 Å². The quantitative estimate of drug-likeness (QED) is 0.745. The maximum absolute atomic E-state index is 12.1. The Kier molecular flexibility index (Phi) is 7.27. The second-order valence-electron chi connectivity index (χ2n) is 7.30. The van der Waals surface area contributed by atoms with Crippen LogP contribution in [0.25, 0.3) is 0 Å². The first-order valence-corrected chi connectivity index (χ1v) is 8.16. The SMILES string of the molecule is Cc1ccccc1CNC(=O)CC(C)(C)COC(=O)CC(C)C. The van der Waals surface area contributed by atoms with Crippen LogP contribution in [0.4, 0.5) is 0 Å². The molecule has 0 saturated heterocycles. The fourth-order valence-corrected chi connectivity index (χ4v) is 2.22. The summed E-state index contributed by atoms with van der Waals surface area (Å²) >= 11 is 0. The van der Waals surface area contributed by atoms with Crippen LogP contribution in [0.3, 0.4) is 0 Å². The lowest BCUT2D eigenvalue weighted by Gasteiger charge is -2.23. The van der Waals surface area contributed by atoms with Crippen molar-refractivity contribution in [2.45, 2.75) is 54.0 Å². The molecule has 23 heavy (non-hydrogen) atoms. The van der Waals surface area contributed by atoms with Crippen LogP contribution in [0.5, 0.6) is 0 Å². The standard InChI is InChI=1S/C19H29NO3/c1-14(2)10-18(22)23-13-19(4,5)11-17(21)20-12-16-9-7-6-8-15(16)3/h6-9,14H,10-13H2,1-5H3,(H,20,21). The van der Waals surface area contributed by atoms with Gasteiger partial charge in [-0.3, -0.25) is 9.59 Å². The highest BCUT2D eigenvalue weighted by atomic mass is 16.5. The van der Waals surface area contributed by atoms with E-state index in [9.17, 15) is 9.59 Å². The zero-order valence-corrected chi connectivity index (χ0v) is 14.9. The molecule has 0 heterocycles. The molecule has 0 aliphatic carbocycles. The second-order valence-corrected chi connectivity index (χ2v) is 7.30. The predicted molar refractivity (Wildman–Crippen MR) is 91.8 cm³/mol. The van der Waals surface area contributed by atoms with Gasteiger partial charge in [0.15, 0.2) is 0 Å². The number of hydrogen-bond donors (Lipinski definition) is 1. The molecule has 1 rings (SSSR count). The molecule has 0 fully saturated rings. The van der Waals surface area contributed by atoms with Crippen LogP contribution in [-0.4, -0.2) is 18.5 Å². The Labute approximate surface area is 139 Å². The Morgan fingerprint density at radius 1 is 1.22 bits per heavy atom. The fraction of sp³-hybridized carbons (Fsp3) is 0.579. The Morgan fingerprint density at radius 2 is 1.87 bits per heavy atom. The Hall–Kier alpha value is -1.84. The molecule has 4 heteroatoms. The molecule has 0 atom stereocenters. The summed E-state index contributed by atoms with van der Waals surface area (Å²) in [5.74, 6) is 0.0505. The number of carbonyl (C=O) groups excluding carboxylic acids is 2. The van der Waals surface area contributed by atoms with Gasteiger partial charge in [-0.1, -0.05) is 52.0 Å². The summed E-state index contributed by atoms with van der Waals surface area (Å²) in [7, 11) is 0. The van der Waals surface area contributed by atoms with E-state index in [0.29, 0.717) is 19.4 Å². The third-order valence-electron chi connectivity index (χ3n) is 3.58. The van der Waals surface area contributed by atoms with Crippen molar-refractivity contribution >= 4 is 11.9 Å². The van der Waals surface area contributed by atoms with Gasteiger partial charge in [-0.25, -0.2) is 0 Å². The van der Waals surface area contributed by atoms with Crippen molar-refractivity contribution in [2.75, 3.05) is 6.61 Å². The number of aryl methyl sites for hydroxylation is 1. The number of amides is 1. The molecule has 0 aliphatic heterocycles. The van der Waals surface area contributed by atoms with E-state index in [1.807, 2.05) is 58.9 Å². The highest BCUT2D eigenvalue weighted by molar-refractivity contribution is 5.76. The Balaban J connectivity index is 2.39. The van der Waals surface area contributed by atoms with E-state index in [0.717, 1.165) is 11.1 Å². The lowest BCUT2D eigenvalue weighted by molar-refractivity contribution is -0.148. The smallest absolute Gasteiger partial charge is 0.306 e. The van der Waals surface area contributed by atoms with Gasteiger partial charge >= 0.3 is 5.97 Å². The zero-order valence-electron chi connectivity index (χ0n) is 14.9. The molecule has 1 amide bonds. The van der Waals surface area contributed by atoms with Gasteiger partial charge in [0.2, 0.25) is 5.91 Å². The first-order valence-electron chi connectivity index (χ1n) is 8.16. The molecule has 0 unspecified atom stereocenters. The summed E-state index contributed by atoms with van der Waals surface area (Å²) in [6.07, 6.45) is 0.739. The lowest BCUT2D eigenvalue weighted by Crippen LogP contribution is -2.32. The van der Waals surface area contributed by atoms with Gasteiger partial charge in [0.1, 0.15) is 0 Å². The topological polar surface area (TPSA) is 55.4 Å². The van der Waals surface area contributed by atoms with E-state index >= 15 is 0 Å². The van der Waals surface area contributed by atoms with Gasteiger partial charge < -0.3 is 10.1 Å². The summed E-state index contributed by atoms with van der Waals surface area (Å²) in [6, 6.07) is 7.98. The van der Waals surface area contributed by atoms with Crippen LogP contribution in [0.2, 0.25) is 0 Å². The molecule has 0 aromatic heterocycles. The Bertz CT molecular complexity index is 535. The predicted octanol–water partition coefficient (Wildman–Crippen LogP) is 3.62. The van der Waals surface area contributed by atoms with Gasteiger partial charge in [-0.15, -0.1) is 0 Å². The van der Waals surface area contributed by atoms with Crippen LogP contribution >= 0.6 is 0 Å². The van der Waals surface area contributed by atoms with Crippen molar-refractivity contribution in [3.05, 3.63) is 35.4 Å². The van der Waals surface area contributed by atoms with Gasteiger partial charge in [0.25, 0.3) is 0 Å². The molecule has 1 aromatic rings. The summed E-state index contributed by atoms with van der Waals surface area (Å²) in [5.41, 5.74) is 1.90. The zero-order chi connectivity index (χ0) is 17.5. The number of carbonyl (C=O) groups is 2. The summed E-state index contributed by atoms with van der Waals surface area (Å²) in [4.78, 5) is 23.7. The second kappa shape index (κ2) is 8.70. The van der Waals surface area contributed by atoms with E-state index in [2.05, 4.69) is 5.32 Å². The van der Waals surface area contributed by atoms with E-state index in [1.54, 1.807) is 0 Å². The first kappa shape index (κ1) is 19.2. The molecule has 0 spiro atoms. The molecule has 0 radical (unpaired) electrons. The lowest BCUT2D eigenvalue weighted by atomic mass is 9.90. The summed E-state index contributed by atoms with van der Waals surface area (Å²) in [5, 5.41) is 2.94. The van der Waals surface area contributed by atoms with E-state index in [1.165, 1.54) is 0 Å². The van der Waals surface area contributed by atoms with E-state index < -0.39 is 0 Å². The Morgan fingerprint density at radius 3 is 2.48 bits per heavy atom. The summed E-state index contributed by atoms with van der Waals surface area (Å²) in [6.45, 7) is 10.6. The molecular formula is C19H29NO3. The van der Waals surface area contributed by atoms with Crippen LogP contribution in [0.1, 0.15) is 51.7 Å². The van der Waals surface area contributed by atoms with Crippen molar-refractivity contribution in [1.82, 2.24) is 5.32 Å². The number of esters is 1. The van der Waals surface area contributed by atoms with Gasteiger partial charge in [0, 0.05) is 24.8 Å². The highest BCUT2D eigenvalue weighted by Crippen LogP contribution is 2.21. The number of rotatable bonds is 8. The maximum Gasteiger partial charge on any atom is 0.306 e. The molecular weight excluding hydrogens is 290 g/mol. The fourth-order valence-electron chi connectivity index (χ4n) is 2.22. The van der Waals surface area contributed by atoms with Crippen molar-refractivity contribution in [3.8, 4) is 0 Å². The number of nitrogens with one attached hydrogen (secondary N) is 1. The number of benzene rings is 1. The number of hydrogen-bond acceptors (Lipinski definition) is 3. The van der Waals surface area contributed by atoms with Crippen LogP contribution in [0, 0.1) is 18.3 Å². The average molecular weight is 319 g/mol. The first-order chi connectivity index (χ1) is 10.7. The largest absolute Gasteiger partial charge is 0.465 e. The number of ether oxygens (including phenoxy) is 1. The molecule has 4 nitrogen and oxygen atoms in total. The van der Waals surface area contributed by atoms with Crippen molar-refractivity contribution in [3.63, 3.8) is 0 Å². The molecule has 128 valence electrons. The average Bonchev–Trinajstić information content (AvgIpc) is 2.43. The minimum absolute atomic E-state index is 0.0295. The molecule has 0 bridgehead atoms. The molecule has 1 N–H and O–H groups in total. The third-order valence-corrected chi connectivity index (χ3v) is 3.58. The van der Waals surface area contributed by atoms with Crippen LogP contribution < -0.4 is 5.32 Å². The minimum atomic E-state index is -0.373. The monoisotopic (exact) mass is 319 g/mol. The van der Waals surface area contributed by atoms with Crippen molar-refractivity contribution in [2.24, 2.45) is 11.3 Å². The van der Waals surface area contributed by atoms with E-state index in [4.69, 9.17) is 4.74 Å². The van der Waals surface area contributed by atoms with Crippen LogP contribution in [0.15, 0.2) is 24.3 Å². The molecule has 0 saturated carbocycles. The van der Waals surface area contributed by atoms with E-state index in [-0.39, 0.29) is 29.8 Å². The van der Waals surface area contributed by atoms with Gasteiger partial charge in [0.05, 0.1) is 6.61 Å². The highest BCUT2D eigenvalue weighted by Gasteiger charge is 2.24. The van der Waals surface area contributed by atoms with Gasteiger partial charge in [-0.05, 0) is 24.0 Å². The van der Waals surface area contributed by atoms with Crippen molar-refractivity contribution in [1.29, 1.82) is 0 Å². The normalized spacial score (nSPS) is 11.4. The van der Waals surface area contributed by atoms with Crippen LogP contribution in [-0.2, 0) is 20.9 Å². The summed E-state index contributed by atoms with van der Waals surface area (Å²) < 4.78 is 5.28. The molecule has 0 aliphatic rings. The maximum atomic E-state index is 12.1. The third kappa shape index (κ3) is 7.82.